The predicted octanol–water partition coefficient (Wildman–Crippen LogP) is 3.09. The minimum absolute atomic E-state index is 0.112. The highest BCUT2D eigenvalue weighted by Crippen LogP contribution is 2.31. The van der Waals surface area contributed by atoms with Crippen LogP contribution in [0.4, 0.5) is 17.1 Å². The Morgan fingerprint density at radius 3 is 2.59 bits per heavy atom. The number of benzene rings is 2. The second-order valence-electron chi connectivity index (χ2n) is 6.69. The molecule has 0 atom stereocenters. The summed E-state index contributed by atoms with van der Waals surface area (Å²) in [6.45, 7) is 2.16. The second kappa shape index (κ2) is 8.08. The van der Waals surface area contributed by atoms with Crippen LogP contribution in [-0.4, -0.2) is 38.7 Å². The number of rotatable bonds is 5. The third kappa shape index (κ3) is 4.32. The van der Waals surface area contributed by atoms with Crippen molar-refractivity contribution < 1.29 is 22.9 Å². The zero-order valence-corrected chi connectivity index (χ0v) is 16.9. The summed E-state index contributed by atoms with van der Waals surface area (Å²) in [5.41, 5.74) is 1.49. The molecule has 0 saturated carbocycles. The summed E-state index contributed by atoms with van der Waals surface area (Å²) in [6.07, 6.45) is 1.43. The molecule has 1 amide bonds. The minimum Gasteiger partial charge on any atom is -0.495 e. The number of carbonyl (C=O) groups excluding carboxylic acids is 1. The molecule has 0 aliphatic carbocycles. The summed E-state index contributed by atoms with van der Waals surface area (Å²) in [6, 6.07) is 8.65. The fourth-order valence-corrected chi connectivity index (χ4v) is 4.94. The highest BCUT2D eigenvalue weighted by molar-refractivity contribution is 7.92. The van der Waals surface area contributed by atoms with E-state index in [9.17, 15) is 23.3 Å². The Hall–Kier alpha value is -3.14. The van der Waals surface area contributed by atoms with Crippen LogP contribution in [0.15, 0.2) is 36.4 Å². The molecule has 0 bridgehead atoms. The van der Waals surface area contributed by atoms with Gasteiger partial charge in [0.25, 0.3) is 11.6 Å². The third-order valence-corrected chi connectivity index (χ3v) is 6.57. The second-order valence-corrected chi connectivity index (χ2v) is 8.71. The molecule has 2 aromatic rings. The highest BCUT2D eigenvalue weighted by atomic mass is 32.2. The summed E-state index contributed by atoms with van der Waals surface area (Å²) in [4.78, 5) is 23.1. The van der Waals surface area contributed by atoms with Gasteiger partial charge in [0.15, 0.2) is 0 Å². The standard InChI is InChI=1S/C19H21N3O6S/c1-13-11-14(5-7-17(13)21-9-3-4-10-29(21,26)27)19(23)20-16-12-15(22(24)25)6-8-18(16)28-2/h5-8,11-12H,3-4,9-10H2,1-2H3,(H,20,23). The Balaban J connectivity index is 1.87. The van der Waals surface area contributed by atoms with Crippen molar-refractivity contribution in [3.8, 4) is 5.75 Å². The zero-order chi connectivity index (χ0) is 21.2. The fourth-order valence-electron chi connectivity index (χ4n) is 3.24. The number of amides is 1. The van der Waals surface area contributed by atoms with Gasteiger partial charge in [-0.3, -0.25) is 19.2 Å². The van der Waals surface area contributed by atoms with E-state index in [0.29, 0.717) is 29.8 Å². The summed E-state index contributed by atoms with van der Waals surface area (Å²) in [5.74, 6) is -0.0852. The van der Waals surface area contributed by atoms with Crippen LogP contribution < -0.4 is 14.4 Å². The fraction of sp³-hybridized carbons (Fsp3) is 0.316. The van der Waals surface area contributed by atoms with E-state index in [1.54, 1.807) is 19.1 Å². The molecule has 9 nitrogen and oxygen atoms in total. The van der Waals surface area contributed by atoms with Gasteiger partial charge in [-0.15, -0.1) is 0 Å². The smallest absolute Gasteiger partial charge is 0.271 e. The van der Waals surface area contributed by atoms with Crippen LogP contribution in [-0.2, 0) is 10.0 Å². The van der Waals surface area contributed by atoms with Crippen molar-refractivity contribution in [2.24, 2.45) is 0 Å². The number of ether oxygens (including phenoxy) is 1. The molecule has 1 N–H and O–H groups in total. The molecular weight excluding hydrogens is 398 g/mol. The van der Waals surface area contributed by atoms with E-state index in [1.165, 1.54) is 35.7 Å². The summed E-state index contributed by atoms with van der Waals surface area (Å²) in [5, 5.41) is 13.6. The van der Waals surface area contributed by atoms with Crippen LogP contribution in [0.25, 0.3) is 0 Å². The number of non-ortho nitro benzene ring substituents is 1. The van der Waals surface area contributed by atoms with Gasteiger partial charge in [-0.05, 0) is 49.6 Å². The van der Waals surface area contributed by atoms with Gasteiger partial charge in [-0.2, -0.15) is 0 Å². The van der Waals surface area contributed by atoms with Gasteiger partial charge in [0.05, 0.1) is 29.2 Å². The number of carbonyl (C=O) groups is 1. The number of nitro groups is 1. The van der Waals surface area contributed by atoms with Crippen molar-refractivity contribution in [3.05, 3.63) is 57.6 Å². The van der Waals surface area contributed by atoms with E-state index >= 15 is 0 Å². The monoisotopic (exact) mass is 419 g/mol. The number of nitrogens with zero attached hydrogens (tertiary/aromatic N) is 2. The van der Waals surface area contributed by atoms with Crippen LogP contribution in [0.2, 0.25) is 0 Å². The SMILES string of the molecule is COc1ccc([N+](=O)[O-])cc1NC(=O)c1ccc(N2CCCCS2(=O)=O)c(C)c1. The van der Waals surface area contributed by atoms with Gasteiger partial charge >= 0.3 is 0 Å². The lowest BCUT2D eigenvalue weighted by atomic mass is 10.1. The average Bonchev–Trinajstić information content (AvgIpc) is 2.68. The number of nitro benzene ring substituents is 1. The molecular formula is C19H21N3O6S. The molecule has 29 heavy (non-hydrogen) atoms. The first-order chi connectivity index (χ1) is 13.7. The molecule has 2 aromatic carbocycles. The molecule has 1 aliphatic heterocycles. The normalized spacial score (nSPS) is 15.6. The number of sulfonamides is 1. The molecule has 0 radical (unpaired) electrons. The van der Waals surface area contributed by atoms with E-state index in [4.69, 9.17) is 4.74 Å². The molecule has 3 rings (SSSR count). The van der Waals surface area contributed by atoms with E-state index in [2.05, 4.69) is 5.32 Å². The van der Waals surface area contributed by atoms with Crippen LogP contribution in [0, 0.1) is 17.0 Å². The Morgan fingerprint density at radius 1 is 1.21 bits per heavy atom. The van der Waals surface area contributed by atoms with Crippen molar-refractivity contribution in [2.75, 3.05) is 29.0 Å². The Labute approximate surface area is 168 Å². The van der Waals surface area contributed by atoms with Crippen molar-refractivity contribution in [3.63, 3.8) is 0 Å². The van der Waals surface area contributed by atoms with Crippen LogP contribution >= 0.6 is 0 Å². The highest BCUT2D eigenvalue weighted by Gasteiger charge is 2.27. The average molecular weight is 419 g/mol. The van der Waals surface area contributed by atoms with Crippen LogP contribution in [0.5, 0.6) is 5.75 Å². The molecule has 1 fully saturated rings. The first-order valence-electron chi connectivity index (χ1n) is 8.98. The minimum atomic E-state index is -3.35. The lowest BCUT2D eigenvalue weighted by Crippen LogP contribution is -2.38. The lowest BCUT2D eigenvalue weighted by molar-refractivity contribution is -0.384. The summed E-state index contributed by atoms with van der Waals surface area (Å²) >= 11 is 0. The molecule has 1 heterocycles. The van der Waals surface area contributed by atoms with Crippen LogP contribution in [0.3, 0.4) is 0 Å². The van der Waals surface area contributed by atoms with Gasteiger partial charge in [-0.25, -0.2) is 8.42 Å². The number of aryl methyl sites for hydroxylation is 1. The number of hydrogen-bond acceptors (Lipinski definition) is 6. The maximum atomic E-state index is 12.7. The summed E-state index contributed by atoms with van der Waals surface area (Å²) in [7, 11) is -1.95. The number of hydrogen-bond donors (Lipinski definition) is 1. The molecule has 1 saturated heterocycles. The third-order valence-electron chi connectivity index (χ3n) is 4.72. The largest absolute Gasteiger partial charge is 0.495 e. The Morgan fingerprint density at radius 2 is 1.97 bits per heavy atom. The van der Waals surface area contributed by atoms with Crippen LogP contribution in [0.1, 0.15) is 28.8 Å². The molecule has 154 valence electrons. The summed E-state index contributed by atoms with van der Waals surface area (Å²) < 4.78 is 31.2. The Bertz CT molecular complexity index is 1070. The van der Waals surface area contributed by atoms with Gasteiger partial charge in [0.1, 0.15) is 5.75 Å². The molecule has 0 aromatic heterocycles. The number of methoxy groups -OCH3 is 1. The van der Waals surface area contributed by atoms with Crippen molar-refractivity contribution in [2.45, 2.75) is 19.8 Å². The zero-order valence-electron chi connectivity index (χ0n) is 16.0. The Kier molecular flexibility index (Phi) is 5.73. The molecule has 10 heteroatoms. The van der Waals surface area contributed by atoms with Crippen molar-refractivity contribution >= 4 is 33.0 Å². The van der Waals surface area contributed by atoms with E-state index in [0.717, 1.165) is 6.42 Å². The lowest BCUT2D eigenvalue weighted by Gasteiger charge is -2.29. The van der Waals surface area contributed by atoms with E-state index in [1.807, 2.05) is 0 Å². The number of nitrogens with one attached hydrogen (secondary N) is 1. The van der Waals surface area contributed by atoms with Crippen molar-refractivity contribution in [1.82, 2.24) is 0 Å². The maximum Gasteiger partial charge on any atom is 0.271 e. The van der Waals surface area contributed by atoms with Gasteiger partial charge in [0, 0.05) is 24.2 Å². The topological polar surface area (TPSA) is 119 Å². The molecule has 0 unspecified atom stereocenters. The molecule has 1 aliphatic rings. The van der Waals surface area contributed by atoms with E-state index < -0.39 is 20.9 Å². The van der Waals surface area contributed by atoms with Gasteiger partial charge < -0.3 is 10.1 Å². The van der Waals surface area contributed by atoms with E-state index in [-0.39, 0.29) is 22.9 Å². The predicted molar refractivity (Wildman–Crippen MR) is 109 cm³/mol. The van der Waals surface area contributed by atoms with Gasteiger partial charge in [0.2, 0.25) is 10.0 Å². The molecule has 0 spiro atoms. The first-order valence-corrected chi connectivity index (χ1v) is 10.6. The van der Waals surface area contributed by atoms with Crippen molar-refractivity contribution in [1.29, 1.82) is 0 Å². The first kappa shape index (κ1) is 20.6. The number of anilines is 2. The maximum absolute atomic E-state index is 12.7. The van der Waals surface area contributed by atoms with Gasteiger partial charge in [-0.1, -0.05) is 0 Å². The quantitative estimate of drug-likeness (QED) is 0.588.